The van der Waals surface area contributed by atoms with Crippen molar-refractivity contribution in [2.24, 2.45) is 0 Å². The molecule has 4 bridgehead atoms. The van der Waals surface area contributed by atoms with Crippen LogP contribution in [0, 0.1) is 51.0 Å². The number of aromatic nitrogens is 2. The number of ether oxygens (including phenoxy) is 2. The Morgan fingerprint density at radius 3 is 1.24 bits per heavy atom. The van der Waals surface area contributed by atoms with E-state index in [-0.39, 0.29) is 36.2 Å². The van der Waals surface area contributed by atoms with E-state index in [9.17, 15) is 27.2 Å². The van der Waals surface area contributed by atoms with Crippen molar-refractivity contribution in [2.45, 2.75) is 65.2 Å². The van der Waals surface area contributed by atoms with E-state index in [0.717, 1.165) is 101 Å². The maximum absolute atomic E-state index is 14.7. The molecule has 4 atom stereocenters. The zero-order valence-corrected chi connectivity index (χ0v) is 41.9. The third-order valence-corrected chi connectivity index (χ3v) is 14.9. The van der Waals surface area contributed by atoms with Crippen molar-refractivity contribution in [1.82, 2.24) is 20.6 Å². The zero-order chi connectivity index (χ0) is 53.4. The predicted octanol–water partition coefficient (Wildman–Crippen LogP) is 12.6. The number of hydrogen-bond donors (Lipinski definition) is 4. The molecule has 8 aromatic rings. The average molecular weight is 1020 g/mol. The number of hydrogen-bond acceptors (Lipinski definition) is 8. The summed E-state index contributed by atoms with van der Waals surface area (Å²) >= 11 is 0. The number of amides is 2. The summed E-state index contributed by atoms with van der Waals surface area (Å²) in [5, 5.41) is 5.97. The summed E-state index contributed by atoms with van der Waals surface area (Å²) in [5.41, 5.74) is 29.0. The minimum absolute atomic E-state index is 0.194. The Balaban J connectivity index is 0.000000162. The minimum atomic E-state index is -0.641. The van der Waals surface area contributed by atoms with Gasteiger partial charge in [0, 0.05) is 58.9 Å². The number of nitrogen functional groups attached to an aromatic ring is 2. The van der Waals surface area contributed by atoms with Crippen LogP contribution in [-0.4, -0.2) is 21.8 Å². The van der Waals surface area contributed by atoms with Crippen LogP contribution in [0.4, 0.5) is 29.2 Å². The van der Waals surface area contributed by atoms with E-state index >= 15 is 0 Å². The molecule has 4 aliphatic heterocycles. The van der Waals surface area contributed by atoms with Crippen LogP contribution >= 0.6 is 0 Å². The molecular weight excluding hydrogens is 969 g/mol. The van der Waals surface area contributed by atoms with E-state index in [2.05, 4.69) is 33.8 Å². The molecule has 0 aliphatic carbocycles. The molecule has 6 heterocycles. The summed E-state index contributed by atoms with van der Waals surface area (Å²) in [6.45, 7) is 16.1. The van der Waals surface area contributed by atoms with Gasteiger partial charge in [-0.25, -0.2) is 27.5 Å². The summed E-state index contributed by atoms with van der Waals surface area (Å²) in [6.07, 6.45) is 2.00. The largest absolute Gasteiger partial charge is 0.384 e. The van der Waals surface area contributed by atoms with Crippen molar-refractivity contribution in [3.63, 3.8) is 0 Å². The van der Waals surface area contributed by atoms with Crippen molar-refractivity contribution in [3.8, 4) is 22.3 Å². The molecule has 12 rings (SSSR count). The quantitative estimate of drug-likeness (QED) is 0.0988. The van der Waals surface area contributed by atoms with E-state index < -0.39 is 23.3 Å². The van der Waals surface area contributed by atoms with Gasteiger partial charge in [-0.2, -0.15) is 0 Å². The van der Waals surface area contributed by atoms with Gasteiger partial charge in [0.25, 0.3) is 11.8 Å². The smallest absolute Gasteiger partial charge is 0.251 e. The number of pyridine rings is 2. The maximum atomic E-state index is 14.7. The van der Waals surface area contributed by atoms with E-state index in [1.807, 2.05) is 76.2 Å². The second kappa shape index (κ2) is 19.2. The number of aryl methyl sites for hydroxylation is 4. The number of nitrogens with two attached hydrogens (primary N) is 2. The topological polar surface area (TPSA) is 154 Å². The van der Waals surface area contributed by atoms with Gasteiger partial charge in [-0.15, -0.1) is 0 Å². The molecule has 0 fully saturated rings. The first-order valence-electron chi connectivity index (χ1n) is 24.6. The van der Waals surface area contributed by atoms with Crippen LogP contribution in [0.1, 0.15) is 134 Å². The van der Waals surface area contributed by atoms with E-state index in [1.165, 1.54) is 24.3 Å². The predicted molar refractivity (Wildman–Crippen MR) is 285 cm³/mol. The molecule has 14 heteroatoms. The van der Waals surface area contributed by atoms with E-state index in [1.54, 1.807) is 36.4 Å². The highest BCUT2D eigenvalue weighted by atomic mass is 19.1. The fourth-order valence-electron chi connectivity index (χ4n) is 11.2. The Morgan fingerprint density at radius 1 is 0.500 bits per heavy atom. The van der Waals surface area contributed by atoms with Crippen molar-refractivity contribution in [1.29, 1.82) is 0 Å². The van der Waals surface area contributed by atoms with Gasteiger partial charge in [0.1, 0.15) is 59.3 Å². The first kappa shape index (κ1) is 49.5. The summed E-state index contributed by atoms with van der Waals surface area (Å²) in [5.74, 6) is -2.02. The molecule has 6 aromatic carbocycles. The summed E-state index contributed by atoms with van der Waals surface area (Å²) in [6, 6.07) is 29.6. The average Bonchev–Trinajstić information content (AvgIpc) is 4.24. The fraction of sp³-hybridized carbons (Fsp3) is 0.161. The number of carbonyl (C=O) groups is 2. The molecule has 0 spiro atoms. The highest BCUT2D eigenvalue weighted by molar-refractivity contribution is 5.95. The molecule has 6 N–H and O–H groups in total. The molecular formula is C62H50F4N6O4. The molecule has 2 aromatic heterocycles. The van der Waals surface area contributed by atoms with Gasteiger partial charge in [-0.1, -0.05) is 37.4 Å². The highest BCUT2D eigenvalue weighted by Crippen LogP contribution is 2.57. The van der Waals surface area contributed by atoms with E-state index in [0.29, 0.717) is 58.1 Å². The van der Waals surface area contributed by atoms with Gasteiger partial charge < -0.3 is 31.6 Å². The Hall–Kier alpha value is -8.72. The number of fused-ring (bicyclic) bond motifs is 16. The van der Waals surface area contributed by atoms with Crippen molar-refractivity contribution in [2.75, 3.05) is 11.5 Å². The monoisotopic (exact) mass is 1020 g/mol. The van der Waals surface area contributed by atoms with Crippen LogP contribution in [-0.2, 0) is 22.6 Å². The molecule has 4 aliphatic rings. The number of anilines is 2. The van der Waals surface area contributed by atoms with Crippen molar-refractivity contribution >= 4 is 35.6 Å². The van der Waals surface area contributed by atoms with Gasteiger partial charge >= 0.3 is 0 Å². The van der Waals surface area contributed by atoms with Gasteiger partial charge in [-0.3, -0.25) is 9.59 Å². The first-order valence-corrected chi connectivity index (χ1v) is 24.6. The standard InChI is InChI=1S/2C31H25F2N3O2/c1-4-17-10-24-25(13-22(17)20-8-6-19(32)12-27(20)33)29-21-7-5-18(11-23(21)30(24)38-29)31(37)35-14-26-15(2)9-28(34)36-16(26)3;1-4-17-10-24-25(13-22(17)20-8-6-19(32)12-27(20)33)30-23-11-18(5-7-21(23)29(24)38-30)31(37)35-14-26-15(2)9-28(34)36-16(26)3/h2*4-13,29-30H,1,14H2,2-3H3,(H2,34,36)(H,35,37). The summed E-state index contributed by atoms with van der Waals surface area (Å²) in [7, 11) is 0. The zero-order valence-electron chi connectivity index (χ0n) is 41.9. The molecule has 76 heavy (non-hydrogen) atoms. The van der Waals surface area contributed by atoms with Crippen LogP contribution in [0.15, 0.2) is 122 Å². The Labute approximate surface area is 436 Å². The molecule has 380 valence electrons. The Morgan fingerprint density at radius 2 is 0.868 bits per heavy atom. The molecule has 0 saturated carbocycles. The third kappa shape index (κ3) is 8.58. The van der Waals surface area contributed by atoms with Crippen LogP contribution in [0.5, 0.6) is 0 Å². The van der Waals surface area contributed by atoms with Crippen LogP contribution in [0.3, 0.4) is 0 Å². The first-order chi connectivity index (χ1) is 36.5. The lowest BCUT2D eigenvalue weighted by molar-refractivity contribution is 0.0855. The Bertz CT molecular complexity index is 3770. The van der Waals surface area contributed by atoms with Crippen molar-refractivity contribution < 1.29 is 36.6 Å². The second-order valence-corrected chi connectivity index (χ2v) is 19.5. The normalized spacial score (nSPS) is 16.7. The van der Waals surface area contributed by atoms with Crippen LogP contribution < -0.4 is 22.1 Å². The maximum Gasteiger partial charge on any atom is 0.251 e. The van der Waals surface area contributed by atoms with Crippen molar-refractivity contribution in [3.05, 3.63) is 246 Å². The van der Waals surface area contributed by atoms with Gasteiger partial charge in [0.05, 0.1) is 0 Å². The molecule has 0 saturated heterocycles. The number of nitrogens with one attached hydrogen (secondary N) is 2. The van der Waals surface area contributed by atoms with Gasteiger partial charge in [-0.05, 0) is 202 Å². The van der Waals surface area contributed by atoms with Gasteiger partial charge in [0.15, 0.2) is 0 Å². The van der Waals surface area contributed by atoms with E-state index in [4.69, 9.17) is 20.9 Å². The highest BCUT2D eigenvalue weighted by Gasteiger charge is 2.45. The van der Waals surface area contributed by atoms with Gasteiger partial charge in [0.2, 0.25) is 0 Å². The number of rotatable bonds is 10. The number of carbonyl (C=O) groups excluding carboxylic acids is 2. The van der Waals surface area contributed by atoms with Crippen LogP contribution in [0.2, 0.25) is 0 Å². The minimum Gasteiger partial charge on any atom is -0.384 e. The summed E-state index contributed by atoms with van der Waals surface area (Å²) in [4.78, 5) is 34.7. The number of halogens is 4. The fourth-order valence-corrected chi connectivity index (χ4v) is 11.2. The molecule has 10 nitrogen and oxygen atoms in total. The SMILES string of the molecule is C=Cc1cc2c(cc1-c1ccc(F)cc1F)C1OC2c2cc(C(=O)NCc3c(C)cc(N)nc3C)ccc21.C=Cc1cc2c(cc1-c1ccc(F)cc1F)C1OC2c2ccc(C(=O)NCc3c(C)cc(N)nc3C)cc21. The number of nitrogens with zero attached hydrogens (tertiary/aromatic N) is 2. The lowest BCUT2D eigenvalue weighted by Crippen LogP contribution is -2.24. The second-order valence-electron chi connectivity index (χ2n) is 19.5. The molecule has 0 radical (unpaired) electrons. The third-order valence-electron chi connectivity index (χ3n) is 14.9. The summed E-state index contributed by atoms with van der Waals surface area (Å²) < 4.78 is 69.0. The number of benzene rings is 6. The lowest BCUT2D eigenvalue weighted by atomic mass is 9.82. The van der Waals surface area contributed by atoms with Crippen LogP contribution in [0.25, 0.3) is 34.4 Å². The molecule has 4 unspecified atom stereocenters. The molecule has 2 amide bonds. The Kier molecular flexibility index (Phi) is 12.5. The lowest BCUT2D eigenvalue weighted by Gasteiger charge is -2.20.